The Morgan fingerprint density at radius 3 is 2.50 bits per heavy atom. The molecule has 0 aromatic heterocycles. The van der Waals surface area contributed by atoms with Gasteiger partial charge >= 0.3 is 0 Å². The summed E-state index contributed by atoms with van der Waals surface area (Å²) >= 11 is 0. The van der Waals surface area contributed by atoms with E-state index in [1.807, 2.05) is 12.2 Å². The zero-order valence-corrected chi connectivity index (χ0v) is 12.5. The van der Waals surface area contributed by atoms with Crippen LogP contribution in [0.1, 0.15) is 43.4 Å². The lowest BCUT2D eigenvalue weighted by molar-refractivity contribution is 0.273. The summed E-state index contributed by atoms with van der Waals surface area (Å²) in [4.78, 5) is 2.45. The normalized spacial score (nSPS) is 16.9. The smallest absolute Gasteiger partial charge is 0.0576 e. The van der Waals surface area contributed by atoms with Gasteiger partial charge < -0.3 is 0 Å². The number of fused-ring (bicyclic) bond motifs is 1. The molecule has 0 saturated carbocycles. The van der Waals surface area contributed by atoms with Gasteiger partial charge in [0.25, 0.3) is 0 Å². The maximum absolute atomic E-state index is 3.90. The Balaban J connectivity index is 2.31. The monoisotopic (exact) mass is 267 g/mol. The second kappa shape index (κ2) is 7.25. The van der Waals surface area contributed by atoms with Gasteiger partial charge in [0, 0.05) is 13.1 Å². The van der Waals surface area contributed by atoms with Crippen LogP contribution < -0.4 is 0 Å². The Morgan fingerprint density at radius 2 is 1.85 bits per heavy atom. The molecule has 1 aromatic carbocycles. The molecule has 106 valence electrons. The molecule has 0 aliphatic heterocycles. The van der Waals surface area contributed by atoms with Crippen molar-refractivity contribution in [2.24, 2.45) is 0 Å². The highest BCUT2D eigenvalue weighted by Crippen LogP contribution is 2.40. The molecule has 1 aromatic rings. The highest BCUT2D eigenvalue weighted by atomic mass is 15.2. The van der Waals surface area contributed by atoms with Gasteiger partial charge in [0.05, 0.1) is 6.04 Å². The lowest BCUT2D eigenvalue weighted by Gasteiger charge is -2.30. The van der Waals surface area contributed by atoms with Crippen molar-refractivity contribution < 1.29 is 0 Å². The molecule has 0 N–H and O–H groups in total. The van der Waals surface area contributed by atoms with Crippen LogP contribution in [-0.2, 0) is 0 Å². The molecular formula is C19H25N. The number of nitrogens with zero attached hydrogens (tertiary/aromatic N) is 1. The fourth-order valence-corrected chi connectivity index (χ4v) is 3.01. The van der Waals surface area contributed by atoms with Gasteiger partial charge in [-0.2, -0.15) is 0 Å². The summed E-state index contributed by atoms with van der Waals surface area (Å²) in [6.07, 6.45) is 10.0. The number of hydrogen-bond donors (Lipinski definition) is 0. The van der Waals surface area contributed by atoms with E-state index in [4.69, 9.17) is 0 Å². The molecule has 0 fully saturated rings. The van der Waals surface area contributed by atoms with Crippen LogP contribution in [0.5, 0.6) is 0 Å². The van der Waals surface area contributed by atoms with Crippen LogP contribution in [0.4, 0.5) is 0 Å². The molecule has 2 rings (SSSR count). The zero-order chi connectivity index (χ0) is 14.4. The van der Waals surface area contributed by atoms with Crippen molar-refractivity contribution >= 4 is 6.08 Å². The lowest BCUT2D eigenvalue weighted by atomic mass is 9.98. The minimum atomic E-state index is 0.397. The average molecular weight is 267 g/mol. The fourth-order valence-electron chi connectivity index (χ4n) is 3.01. The highest BCUT2D eigenvalue weighted by molar-refractivity contribution is 5.66. The lowest BCUT2D eigenvalue weighted by Crippen LogP contribution is -2.29. The van der Waals surface area contributed by atoms with Crippen molar-refractivity contribution in [2.75, 3.05) is 13.1 Å². The van der Waals surface area contributed by atoms with Crippen LogP contribution in [0.3, 0.4) is 0 Å². The maximum atomic E-state index is 3.90. The van der Waals surface area contributed by atoms with Crippen LogP contribution in [0.25, 0.3) is 6.08 Å². The van der Waals surface area contributed by atoms with E-state index in [1.54, 1.807) is 0 Å². The summed E-state index contributed by atoms with van der Waals surface area (Å²) in [6, 6.07) is 9.15. The third kappa shape index (κ3) is 3.10. The molecule has 0 amide bonds. The first kappa shape index (κ1) is 14.8. The van der Waals surface area contributed by atoms with Crippen molar-refractivity contribution in [3.8, 4) is 0 Å². The first-order chi connectivity index (χ1) is 9.81. The summed E-state index contributed by atoms with van der Waals surface area (Å²) in [6.45, 7) is 11.9. The van der Waals surface area contributed by atoms with Crippen LogP contribution in [0.2, 0.25) is 0 Å². The van der Waals surface area contributed by atoms with Crippen molar-refractivity contribution in [3.05, 3.63) is 66.3 Å². The Morgan fingerprint density at radius 1 is 1.15 bits per heavy atom. The van der Waals surface area contributed by atoms with Gasteiger partial charge in [-0.15, -0.1) is 13.2 Å². The van der Waals surface area contributed by atoms with Crippen LogP contribution in [0.15, 0.2) is 55.1 Å². The van der Waals surface area contributed by atoms with Gasteiger partial charge in [-0.3, -0.25) is 4.90 Å². The largest absolute Gasteiger partial charge is 0.285 e. The van der Waals surface area contributed by atoms with E-state index in [0.29, 0.717) is 6.04 Å². The number of rotatable bonds is 8. The van der Waals surface area contributed by atoms with Crippen LogP contribution >= 0.6 is 0 Å². The Labute approximate surface area is 123 Å². The summed E-state index contributed by atoms with van der Waals surface area (Å²) in [7, 11) is 0. The van der Waals surface area contributed by atoms with Crippen LogP contribution in [-0.4, -0.2) is 18.0 Å². The standard InChI is InChI=1S/C19H25N/c1-4-7-10-17-15-16-11-8-9-12-18(16)19(17)20(13-5-2)14-6-3/h5-6,8-9,11-12,15,19H,2-4,7,10,13-14H2,1H3. The molecule has 1 atom stereocenters. The molecule has 0 spiro atoms. The van der Waals surface area contributed by atoms with E-state index >= 15 is 0 Å². The molecule has 1 heteroatoms. The molecule has 0 heterocycles. The second-order valence-electron chi connectivity index (χ2n) is 5.39. The van der Waals surface area contributed by atoms with E-state index in [1.165, 1.54) is 36.0 Å². The van der Waals surface area contributed by atoms with Gasteiger partial charge in [-0.25, -0.2) is 0 Å². The minimum Gasteiger partial charge on any atom is -0.285 e. The summed E-state index contributed by atoms with van der Waals surface area (Å²) in [5, 5.41) is 0. The highest BCUT2D eigenvalue weighted by Gasteiger charge is 2.28. The first-order valence-electron chi connectivity index (χ1n) is 7.57. The van der Waals surface area contributed by atoms with Gasteiger partial charge in [-0.05, 0) is 29.5 Å². The predicted molar refractivity (Wildman–Crippen MR) is 88.7 cm³/mol. The third-order valence-corrected chi connectivity index (χ3v) is 3.89. The zero-order valence-electron chi connectivity index (χ0n) is 12.5. The topological polar surface area (TPSA) is 3.24 Å². The molecule has 1 aliphatic rings. The molecule has 0 radical (unpaired) electrons. The Hall–Kier alpha value is -1.60. The van der Waals surface area contributed by atoms with Gasteiger partial charge in [0.2, 0.25) is 0 Å². The number of hydrogen-bond acceptors (Lipinski definition) is 1. The van der Waals surface area contributed by atoms with E-state index in [9.17, 15) is 0 Å². The summed E-state index contributed by atoms with van der Waals surface area (Å²) < 4.78 is 0. The van der Waals surface area contributed by atoms with E-state index in [2.05, 4.69) is 55.3 Å². The number of unbranched alkanes of at least 4 members (excludes halogenated alkanes) is 1. The fraction of sp³-hybridized carbons (Fsp3) is 0.368. The Kier molecular flexibility index (Phi) is 5.37. The van der Waals surface area contributed by atoms with Crippen LogP contribution in [0, 0.1) is 0 Å². The second-order valence-corrected chi connectivity index (χ2v) is 5.39. The van der Waals surface area contributed by atoms with Crippen molar-refractivity contribution in [1.82, 2.24) is 4.90 Å². The van der Waals surface area contributed by atoms with E-state index in [-0.39, 0.29) is 0 Å². The first-order valence-corrected chi connectivity index (χ1v) is 7.57. The molecular weight excluding hydrogens is 242 g/mol. The summed E-state index contributed by atoms with van der Waals surface area (Å²) in [5.74, 6) is 0. The van der Waals surface area contributed by atoms with Crippen molar-refractivity contribution in [1.29, 1.82) is 0 Å². The minimum absolute atomic E-state index is 0.397. The molecule has 1 aliphatic carbocycles. The van der Waals surface area contributed by atoms with E-state index in [0.717, 1.165) is 13.1 Å². The van der Waals surface area contributed by atoms with E-state index < -0.39 is 0 Å². The van der Waals surface area contributed by atoms with Crippen molar-refractivity contribution in [3.63, 3.8) is 0 Å². The molecule has 0 saturated heterocycles. The third-order valence-electron chi connectivity index (χ3n) is 3.89. The Bertz CT molecular complexity index is 488. The summed E-state index contributed by atoms with van der Waals surface area (Å²) in [5.41, 5.74) is 4.35. The van der Waals surface area contributed by atoms with Gasteiger partial charge in [-0.1, -0.05) is 55.8 Å². The predicted octanol–water partition coefficient (Wildman–Crippen LogP) is 4.99. The molecule has 1 nitrogen and oxygen atoms in total. The van der Waals surface area contributed by atoms with Gasteiger partial charge in [0.15, 0.2) is 0 Å². The number of benzene rings is 1. The maximum Gasteiger partial charge on any atom is 0.0576 e. The SMILES string of the molecule is C=CCN(CC=C)C1C(CCCC)=Cc2ccccc21. The molecule has 20 heavy (non-hydrogen) atoms. The average Bonchev–Trinajstić information content (AvgIpc) is 2.83. The molecule has 1 unspecified atom stereocenters. The van der Waals surface area contributed by atoms with Crippen molar-refractivity contribution in [2.45, 2.75) is 32.2 Å². The van der Waals surface area contributed by atoms with Gasteiger partial charge in [0.1, 0.15) is 0 Å². The quantitative estimate of drug-likeness (QED) is 0.600. The molecule has 0 bridgehead atoms.